The van der Waals surface area contributed by atoms with Gasteiger partial charge in [-0.1, -0.05) is 24.3 Å². The van der Waals surface area contributed by atoms with E-state index in [2.05, 4.69) is 12.2 Å². The van der Waals surface area contributed by atoms with Gasteiger partial charge in [-0.15, -0.1) is 0 Å². The van der Waals surface area contributed by atoms with Crippen LogP contribution in [0.2, 0.25) is 0 Å². The number of primary amides is 1. The maximum Gasteiger partial charge on any atom is 0.416 e. The molecule has 1 atom stereocenters. The largest absolute Gasteiger partial charge is 0.416 e. The number of para-hydroxylation sites is 1. The Morgan fingerprint density at radius 3 is 2.29 bits per heavy atom. The van der Waals surface area contributed by atoms with E-state index in [9.17, 15) is 18.0 Å². The summed E-state index contributed by atoms with van der Waals surface area (Å²) >= 11 is 0. The van der Waals surface area contributed by atoms with Crippen LogP contribution in [0.5, 0.6) is 0 Å². The Labute approximate surface area is 163 Å². The number of amides is 1. The molecular formula is C22H25F3N2O. The lowest BCUT2D eigenvalue weighted by Gasteiger charge is -2.34. The summed E-state index contributed by atoms with van der Waals surface area (Å²) in [6.45, 7) is 2.16. The maximum atomic E-state index is 13.0. The molecule has 2 aromatic rings. The fourth-order valence-corrected chi connectivity index (χ4v) is 4.15. The van der Waals surface area contributed by atoms with Crippen molar-refractivity contribution in [3.05, 3.63) is 65.2 Å². The Bertz CT molecular complexity index is 812. The monoisotopic (exact) mass is 390 g/mol. The number of halogens is 3. The summed E-state index contributed by atoms with van der Waals surface area (Å²) < 4.78 is 38.9. The third kappa shape index (κ3) is 4.66. The van der Waals surface area contributed by atoms with Gasteiger partial charge in [-0.2, -0.15) is 13.2 Å². The van der Waals surface area contributed by atoms with E-state index in [-0.39, 0.29) is 11.5 Å². The molecule has 1 amide bonds. The van der Waals surface area contributed by atoms with Gasteiger partial charge in [0, 0.05) is 17.3 Å². The summed E-state index contributed by atoms with van der Waals surface area (Å²) in [5.74, 6) is -0.268. The lowest BCUT2D eigenvalue weighted by molar-refractivity contribution is -0.137. The summed E-state index contributed by atoms with van der Waals surface area (Å²) in [5, 5.41) is 3.52. The van der Waals surface area contributed by atoms with Crippen molar-refractivity contribution in [1.29, 1.82) is 0 Å². The minimum Gasteiger partial charge on any atom is -0.382 e. The fourth-order valence-electron chi connectivity index (χ4n) is 4.15. The van der Waals surface area contributed by atoms with Crippen LogP contribution < -0.4 is 11.1 Å². The Balaban J connectivity index is 1.68. The predicted octanol–water partition coefficient (Wildman–Crippen LogP) is 5.58. The Hall–Kier alpha value is -2.50. The van der Waals surface area contributed by atoms with Crippen LogP contribution in [0.15, 0.2) is 48.5 Å². The third-order valence-electron chi connectivity index (χ3n) is 5.73. The number of hydrogen-bond donors (Lipinski definition) is 2. The van der Waals surface area contributed by atoms with Gasteiger partial charge in [0.25, 0.3) is 0 Å². The highest BCUT2D eigenvalue weighted by Gasteiger charge is 2.33. The first-order valence-corrected chi connectivity index (χ1v) is 9.58. The van der Waals surface area contributed by atoms with E-state index in [1.54, 1.807) is 0 Å². The summed E-state index contributed by atoms with van der Waals surface area (Å²) in [7, 11) is 0. The van der Waals surface area contributed by atoms with E-state index < -0.39 is 17.6 Å². The molecule has 1 saturated carbocycles. The maximum absolute atomic E-state index is 13.0. The number of carbonyl (C=O) groups excluding carboxylic acids is 1. The van der Waals surface area contributed by atoms with Crippen LogP contribution in [-0.2, 0) is 6.18 Å². The van der Waals surface area contributed by atoms with Crippen molar-refractivity contribution in [2.45, 2.75) is 50.7 Å². The molecule has 0 aromatic heterocycles. The Kier molecular flexibility index (Phi) is 5.96. The van der Waals surface area contributed by atoms with E-state index in [0.717, 1.165) is 43.5 Å². The molecule has 1 aliphatic carbocycles. The van der Waals surface area contributed by atoms with Gasteiger partial charge in [-0.25, -0.2) is 0 Å². The van der Waals surface area contributed by atoms with Gasteiger partial charge in [0.05, 0.1) is 5.56 Å². The van der Waals surface area contributed by atoms with Gasteiger partial charge in [-0.05, 0) is 74.3 Å². The number of anilines is 1. The van der Waals surface area contributed by atoms with Crippen molar-refractivity contribution < 1.29 is 18.0 Å². The molecule has 3 N–H and O–H groups in total. The van der Waals surface area contributed by atoms with E-state index in [0.29, 0.717) is 17.5 Å². The quantitative estimate of drug-likeness (QED) is 0.700. The minimum absolute atomic E-state index is 0.00580. The standard InChI is InChI=1S/C22H25F3N2O/c1-14(27-18-5-3-2-4-6-18)15-7-9-16(10-8-15)19-12-11-17(22(23,24)25)13-20(19)21(26)28/h2-6,11-16,27H,7-10H2,1H3,(H2,26,28). The second-order valence-corrected chi connectivity index (χ2v) is 7.57. The number of nitrogens with one attached hydrogen (secondary N) is 1. The second kappa shape index (κ2) is 8.25. The second-order valence-electron chi connectivity index (χ2n) is 7.57. The first-order valence-electron chi connectivity index (χ1n) is 9.58. The summed E-state index contributed by atoms with van der Waals surface area (Å²) in [6.07, 6.45) is -0.928. The number of alkyl halides is 3. The van der Waals surface area contributed by atoms with Crippen LogP contribution in [0.1, 0.15) is 60.0 Å². The zero-order chi connectivity index (χ0) is 20.3. The molecule has 0 spiro atoms. The lowest BCUT2D eigenvalue weighted by Crippen LogP contribution is -2.29. The molecule has 1 unspecified atom stereocenters. The molecule has 6 heteroatoms. The Morgan fingerprint density at radius 2 is 1.71 bits per heavy atom. The van der Waals surface area contributed by atoms with Crippen LogP contribution in [0.25, 0.3) is 0 Å². The molecule has 28 heavy (non-hydrogen) atoms. The van der Waals surface area contributed by atoms with Crippen molar-refractivity contribution in [1.82, 2.24) is 0 Å². The summed E-state index contributed by atoms with van der Waals surface area (Å²) in [4.78, 5) is 11.8. The highest BCUT2D eigenvalue weighted by atomic mass is 19.4. The molecule has 0 aliphatic heterocycles. The molecule has 0 radical (unpaired) electrons. The van der Waals surface area contributed by atoms with E-state index in [4.69, 9.17) is 5.73 Å². The number of nitrogens with two attached hydrogens (primary N) is 1. The van der Waals surface area contributed by atoms with Gasteiger partial charge in [0.2, 0.25) is 5.91 Å². The first-order chi connectivity index (χ1) is 13.3. The molecule has 1 aliphatic rings. The van der Waals surface area contributed by atoms with E-state index in [1.807, 2.05) is 30.3 Å². The number of rotatable bonds is 5. The van der Waals surface area contributed by atoms with E-state index in [1.165, 1.54) is 6.07 Å². The van der Waals surface area contributed by atoms with Crippen molar-refractivity contribution in [2.24, 2.45) is 11.7 Å². The zero-order valence-electron chi connectivity index (χ0n) is 15.8. The SMILES string of the molecule is CC(Nc1ccccc1)C1CCC(c2ccc(C(F)(F)F)cc2C(N)=O)CC1. The predicted molar refractivity (Wildman–Crippen MR) is 104 cm³/mol. The van der Waals surface area contributed by atoms with Crippen LogP contribution in [0.3, 0.4) is 0 Å². The average Bonchev–Trinajstić information content (AvgIpc) is 2.67. The van der Waals surface area contributed by atoms with Crippen molar-refractivity contribution >= 4 is 11.6 Å². The number of carbonyl (C=O) groups is 1. The van der Waals surface area contributed by atoms with Crippen LogP contribution >= 0.6 is 0 Å². The molecule has 0 bridgehead atoms. The normalized spacial score (nSPS) is 21.1. The topological polar surface area (TPSA) is 55.1 Å². The minimum atomic E-state index is -4.49. The zero-order valence-corrected chi connectivity index (χ0v) is 15.8. The van der Waals surface area contributed by atoms with Crippen molar-refractivity contribution in [3.63, 3.8) is 0 Å². The Morgan fingerprint density at radius 1 is 1.07 bits per heavy atom. The molecule has 1 fully saturated rings. The van der Waals surface area contributed by atoms with Gasteiger partial charge >= 0.3 is 6.18 Å². The van der Waals surface area contributed by atoms with E-state index >= 15 is 0 Å². The van der Waals surface area contributed by atoms with Gasteiger partial charge in [-0.3, -0.25) is 4.79 Å². The molecule has 2 aromatic carbocycles. The van der Waals surface area contributed by atoms with Crippen LogP contribution in [-0.4, -0.2) is 11.9 Å². The first kappa shape index (κ1) is 20.2. The fraction of sp³-hybridized carbons (Fsp3) is 0.409. The van der Waals surface area contributed by atoms with Gasteiger partial charge in [0.15, 0.2) is 0 Å². The molecule has 3 nitrogen and oxygen atoms in total. The highest BCUT2D eigenvalue weighted by molar-refractivity contribution is 5.94. The van der Waals surface area contributed by atoms with Gasteiger partial charge < -0.3 is 11.1 Å². The van der Waals surface area contributed by atoms with Crippen LogP contribution in [0, 0.1) is 5.92 Å². The molecule has 3 rings (SSSR count). The number of hydrogen-bond acceptors (Lipinski definition) is 2. The molecule has 0 heterocycles. The lowest BCUT2D eigenvalue weighted by atomic mass is 9.75. The summed E-state index contributed by atoms with van der Waals surface area (Å²) in [5.41, 5.74) is 6.26. The molecule has 150 valence electrons. The molecule has 0 saturated heterocycles. The number of benzene rings is 2. The van der Waals surface area contributed by atoms with Crippen LogP contribution in [0.4, 0.5) is 18.9 Å². The molecular weight excluding hydrogens is 365 g/mol. The highest BCUT2D eigenvalue weighted by Crippen LogP contribution is 2.40. The average molecular weight is 390 g/mol. The third-order valence-corrected chi connectivity index (χ3v) is 5.73. The van der Waals surface area contributed by atoms with Crippen molar-refractivity contribution in [2.75, 3.05) is 5.32 Å². The van der Waals surface area contributed by atoms with Gasteiger partial charge in [0.1, 0.15) is 0 Å². The van der Waals surface area contributed by atoms with Crippen molar-refractivity contribution in [3.8, 4) is 0 Å². The summed E-state index contributed by atoms with van der Waals surface area (Å²) in [6, 6.07) is 13.7. The smallest absolute Gasteiger partial charge is 0.382 e.